The van der Waals surface area contributed by atoms with Crippen molar-refractivity contribution in [3.8, 4) is 0 Å². The van der Waals surface area contributed by atoms with Gasteiger partial charge in [0.15, 0.2) is 0 Å². The van der Waals surface area contributed by atoms with E-state index in [1.807, 2.05) is 24.3 Å². The molecule has 1 fully saturated rings. The van der Waals surface area contributed by atoms with Crippen LogP contribution in [0.25, 0.3) is 0 Å². The molecule has 0 radical (unpaired) electrons. The first-order valence-electron chi connectivity index (χ1n) is 6.93. The van der Waals surface area contributed by atoms with Crippen LogP contribution in [-0.2, 0) is 9.59 Å². The Morgan fingerprint density at radius 1 is 1.25 bits per heavy atom. The van der Waals surface area contributed by atoms with Crippen molar-refractivity contribution in [3.05, 3.63) is 29.8 Å². The molecular formula is C15H17NO3S. The largest absolute Gasteiger partial charge is 0.480 e. The number of carbonyl (C=O) groups is 2. The van der Waals surface area contributed by atoms with Gasteiger partial charge in [-0.1, -0.05) is 18.2 Å². The number of aliphatic carboxylic acids is 1. The lowest BCUT2D eigenvalue weighted by Gasteiger charge is -2.30. The van der Waals surface area contributed by atoms with E-state index >= 15 is 0 Å². The molecule has 106 valence electrons. The second-order valence-corrected chi connectivity index (χ2v) is 6.39. The molecule has 0 aromatic heterocycles. The van der Waals surface area contributed by atoms with E-state index < -0.39 is 12.0 Å². The van der Waals surface area contributed by atoms with Crippen LogP contribution in [-0.4, -0.2) is 40.2 Å². The summed E-state index contributed by atoms with van der Waals surface area (Å²) in [5, 5.41) is 9.23. The Morgan fingerprint density at radius 2 is 2.05 bits per heavy atom. The van der Waals surface area contributed by atoms with Gasteiger partial charge in [-0.3, -0.25) is 4.79 Å². The molecule has 4 nitrogen and oxygen atoms in total. The molecule has 2 atom stereocenters. The van der Waals surface area contributed by atoms with E-state index in [0.29, 0.717) is 13.0 Å². The fourth-order valence-corrected chi connectivity index (χ4v) is 4.21. The maximum atomic E-state index is 12.7. The van der Waals surface area contributed by atoms with Crippen LogP contribution in [0.1, 0.15) is 30.7 Å². The summed E-state index contributed by atoms with van der Waals surface area (Å²) in [4.78, 5) is 26.7. The molecule has 2 aliphatic heterocycles. The average molecular weight is 291 g/mol. The molecule has 1 saturated heterocycles. The highest BCUT2D eigenvalue weighted by Gasteiger charge is 2.38. The number of carbonyl (C=O) groups excluding carboxylic acids is 1. The lowest BCUT2D eigenvalue weighted by Crippen LogP contribution is -2.43. The third-order valence-corrected chi connectivity index (χ3v) is 5.20. The number of rotatable bonds is 2. The Labute approximate surface area is 122 Å². The maximum Gasteiger partial charge on any atom is 0.326 e. The average Bonchev–Trinajstić information content (AvgIpc) is 2.95. The van der Waals surface area contributed by atoms with Gasteiger partial charge in [-0.05, 0) is 36.6 Å². The van der Waals surface area contributed by atoms with E-state index in [9.17, 15) is 14.7 Å². The van der Waals surface area contributed by atoms with E-state index in [1.165, 1.54) is 0 Å². The first-order valence-corrected chi connectivity index (χ1v) is 7.92. The van der Waals surface area contributed by atoms with Crippen molar-refractivity contribution in [2.45, 2.75) is 36.1 Å². The highest BCUT2D eigenvalue weighted by atomic mass is 32.2. The summed E-state index contributed by atoms with van der Waals surface area (Å²) in [6.45, 7) is 0.571. The summed E-state index contributed by atoms with van der Waals surface area (Å²) in [6.07, 6.45) is 2.15. The number of thioether (sulfide) groups is 1. The molecular weight excluding hydrogens is 274 g/mol. The fourth-order valence-electron chi connectivity index (χ4n) is 3.09. The lowest BCUT2D eigenvalue weighted by atomic mass is 9.94. The summed E-state index contributed by atoms with van der Waals surface area (Å²) in [5.74, 6) is -0.150. The normalized spacial score (nSPS) is 25.3. The van der Waals surface area contributed by atoms with Crippen molar-refractivity contribution in [2.24, 2.45) is 0 Å². The van der Waals surface area contributed by atoms with Gasteiger partial charge in [0, 0.05) is 11.4 Å². The van der Waals surface area contributed by atoms with Gasteiger partial charge in [-0.25, -0.2) is 4.79 Å². The van der Waals surface area contributed by atoms with Crippen molar-refractivity contribution < 1.29 is 14.7 Å². The third-order valence-electron chi connectivity index (χ3n) is 4.08. The Kier molecular flexibility index (Phi) is 3.70. The van der Waals surface area contributed by atoms with Crippen molar-refractivity contribution in [1.82, 2.24) is 4.90 Å². The Bertz CT molecular complexity index is 546. The van der Waals surface area contributed by atoms with Gasteiger partial charge in [0.2, 0.25) is 5.91 Å². The summed E-state index contributed by atoms with van der Waals surface area (Å²) < 4.78 is 0. The number of fused-ring (bicyclic) bond motifs is 1. The van der Waals surface area contributed by atoms with Gasteiger partial charge < -0.3 is 10.0 Å². The maximum absolute atomic E-state index is 12.7. The Morgan fingerprint density at radius 3 is 2.85 bits per heavy atom. The molecule has 0 spiro atoms. The van der Waals surface area contributed by atoms with E-state index in [-0.39, 0.29) is 11.8 Å². The summed E-state index contributed by atoms with van der Waals surface area (Å²) >= 11 is 1.77. The second-order valence-electron chi connectivity index (χ2n) is 5.26. The van der Waals surface area contributed by atoms with Crippen LogP contribution >= 0.6 is 11.8 Å². The highest BCUT2D eigenvalue weighted by Crippen LogP contribution is 2.39. The first-order chi connectivity index (χ1) is 9.68. The van der Waals surface area contributed by atoms with Crippen LogP contribution in [0.4, 0.5) is 0 Å². The Hall–Kier alpha value is -1.49. The standard InChI is InChI=1S/C15H17NO3S/c17-14(16-8-3-5-12(16)15(18)19)11-7-9-20-13-6-2-1-4-10(11)13/h1-2,4,6,11-12H,3,5,7-9H2,(H,18,19)/t11?,12-/m1/s1. The zero-order valence-electron chi connectivity index (χ0n) is 11.1. The van der Waals surface area contributed by atoms with Gasteiger partial charge in [-0.2, -0.15) is 0 Å². The molecule has 2 heterocycles. The molecule has 3 rings (SSSR count). The van der Waals surface area contributed by atoms with Crippen molar-refractivity contribution in [2.75, 3.05) is 12.3 Å². The Balaban J connectivity index is 1.87. The van der Waals surface area contributed by atoms with Gasteiger partial charge >= 0.3 is 5.97 Å². The number of carboxylic acid groups (broad SMARTS) is 1. The van der Waals surface area contributed by atoms with E-state index in [4.69, 9.17) is 0 Å². The molecule has 1 aromatic carbocycles. The number of benzene rings is 1. The fraction of sp³-hybridized carbons (Fsp3) is 0.467. The van der Waals surface area contributed by atoms with Crippen LogP contribution in [0.2, 0.25) is 0 Å². The number of hydrogen-bond donors (Lipinski definition) is 1. The molecule has 2 aliphatic rings. The van der Waals surface area contributed by atoms with Crippen LogP contribution in [0.15, 0.2) is 29.2 Å². The molecule has 0 aliphatic carbocycles. The predicted octanol–water partition coefficient (Wildman–Crippen LogP) is 2.34. The minimum Gasteiger partial charge on any atom is -0.480 e. The van der Waals surface area contributed by atoms with E-state index in [0.717, 1.165) is 29.1 Å². The SMILES string of the molecule is O=C(O)[C@H]1CCCN1C(=O)C1CCSc2ccccc21. The topological polar surface area (TPSA) is 57.6 Å². The molecule has 1 unspecified atom stereocenters. The molecule has 20 heavy (non-hydrogen) atoms. The van der Waals surface area contributed by atoms with Crippen LogP contribution in [0.5, 0.6) is 0 Å². The van der Waals surface area contributed by atoms with Crippen molar-refractivity contribution >= 4 is 23.6 Å². The van der Waals surface area contributed by atoms with Gasteiger partial charge in [0.1, 0.15) is 6.04 Å². The quantitative estimate of drug-likeness (QED) is 0.908. The second kappa shape index (κ2) is 5.48. The van der Waals surface area contributed by atoms with Crippen molar-refractivity contribution in [3.63, 3.8) is 0 Å². The smallest absolute Gasteiger partial charge is 0.326 e. The van der Waals surface area contributed by atoms with Crippen LogP contribution in [0, 0.1) is 0 Å². The minimum absolute atomic E-state index is 0.0114. The summed E-state index contributed by atoms with van der Waals surface area (Å²) in [5.41, 5.74) is 1.06. The molecule has 5 heteroatoms. The van der Waals surface area contributed by atoms with Gasteiger partial charge in [0.05, 0.1) is 5.92 Å². The van der Waals surface area contributed by atoms with E-state index in [2.05, 4.69) is 0 Å². The van der Waals surface area contributed by atoms with Crippen LogP contribution < -0.4 is 0 Å². The number of hydrogen-bond acceptors (Lipinski definition) is 3. The molecule has 1 N–H and O–H groups in total. The summed E-state index contributed by atoms with van der Waals surface area (Å²) in [6, 6.07) is 7.33. The lowest BCUT2D eigenvalue weighted by molar-refractivity contribution is -0.148. The molecule has 1 aromatic rings. The van der Waals surface area contributed by atoms with Gasteiger partial charge in [0.25, 0.3) is 0 Å². The summed E-state index contributed by atoms with van der Waals surface area (Å²) in [7, 11) is 0. The zero-order valence-corrected chi connectivity index (χ0v) is 11.9. The first kappa shape index (κ1) is 13.5. The molecule has 1 amide bonds. The molecule has 0 bridgehead atoms. The number of amides is 1. The number of carboxylic acids is 1. The monoisotopic (exact) mass is 291 g/mol. The number of nitrogens with zero attached hydrogens (tertiary/aromatic N) is 1. The third kappa shape index (κ3) is 2.30. The van der Waals surface area contributed by atoms with Gasteiger partial charge in [-0.15, -0.1) is 11.8 Å². The predicted molar refractivity (Wildman–Crippen MR) is 76.9 cm³/mol. The highest BCUT2D eigenvalue weighted by molar-refractivity contribution is 7.99. The number of likely N-dealkylation sites (tertiary alicyclic amines) is 1. The minimum atomic E-state index is -0.880. The van der Waals surface area contributed by atoms with Crippen molar-refractivity contribution in [1.29, 1.82) is 0 Å². The van der Waals surface area contributed by atoms with E-state index in [1.54, 1.807) is 16.7 Å². The molecule has 0 saturated carbocycles. The zero-order chi connectivity index (χ0) is 14.1. The van der Waals surface area contributed by atoms with Crippen LogP contribution in [0.3, 0.4) is 0 Å².